The molecule has 0 saturated carbocycles. The van der Waals surface area contributed by atoms with E-state index in [1.54, 1.807) is 6.26 Å². The van der Waals surface area contributed by atoms with Crippen molar-refractivity contribution < 1.29 is 4.42 Å². The van der Waals surface area contributed by atoms with Crippen molar-refractivity contribution in [2.75, 3.05) is 5.73 Å². The number of anilines is 1. The molecule has 0 atom stereocenters. The Bertz CT molecular complexity index is 238. The second-order valence-electron chi connectivity index (χ2n) is 3.05. The Morgan fingerprint density at radius 2 is 2.18 bits per heavy atom. The van der Waals surface area contributed by atoms with E-state index in [2.05, 4.69) is 20.8 Å². The third kappa shape index (κ3) is 1.39. The summed E-state index contributed by atoms with van der Waals surface area (Å²) in [5.74, 6) is 1.30. The minimum absolute atomic E-state index is 0.385. The molecule has 1 rings (SSSR count). The van der Waals surface area contributed by atoms with Gasteiger partial charge in [0, 0.05) is 11.5 Å². The van der Waals surface area contributed by atoms with Crippen molar-refractivity contribution in [3.05, 3.63) is 17.6 Å². The number of rotatable bonds is 2. The third-order valence-electron chi connectivity index (χ3n) is 1.84. The van der Waals surface area contributed by atoms with E-state index >= 15 is 0 Å². The Morgan fingerprint density at radius 1 is 1.55 bits per heavy atom. The summed E-state index contributed by atoms with van der Waals surface area (Å²) in [6.07, 6.45) is 2.70. The quantitative estimate of drug-likeness (QED) is 0.709. The lowest BCUT2D eigenvalue weighted by Crippen LogP contribution is -1.94. The van der Waals surface area contributed by atoms with Gasteiger partial charge in [-0.1, -0.05) is 20.8 Å². The van der Waals surface area contributed by atoms with E-state index in [-0.39, 0.29) is 0 Å². The largest absolute Gasteiger partial charge is 0.467 e. The molecule has 0 aliphatic rings. The molecule has 0 amide bonds. The SMILES string of the molecule is CCc1coc(C(C)C)c1N. The molecule has 0 unspecified atom stereocenters. The molecule has 0 aliphatic heterocycles. The van der Waals surface area contributed by atoms with Gasteiger partial charge in [-0.3, -0.25) is 0 Å². The summed E-state index contributed by atoms with van der Waals surface area (Å²) < 4.78 is 5.32. The van der Waals surface area contributed by atoms with Gasteiger partial charge in [-0.2, -0.15) is 0 Å². The van der Waals surface area contributed by atoms with Crippen molar-refractivity contribution in [1.29, 1.82) is 0 Å². The molecule has 0 spiro atoms. The van der Waals surface area contributed by atoms with Crippen LogP contribution in [0.1, 0.15) is 38.0 Å². The molecule has 11 heavy (non-hydrogen) atoms. The van der Waals surface area contributed by atoms with Crippen LogP contribution >= 0.6 is 0 Å². The summed E-state index contributed by atoms with van der Waals surface area (Å²) in [6, 6.07) is 0. The Kier molecular flexibility index (Phi) is 2.22. The second-order valence-corrected chi connectivity index (χ2v) is 3.05. The van der Waals surface area contributed by atoms with E-state index < -0.39 is 0 Å². The lowest BCUT2D eigenvalue weighted by atomic mass is 10.1. The van der Waals surface area contributed by atoms with Crippen LogP contribution in [0.4, 0.5) is 5.69 Å². The van der Waals surface area contributed by atoms with Gasteiger partial charge < -0.3 is 10.2 Å². The Balaban J connectivity index is 3.00. The van der Waals surface area contributed by atoms with Gasteiger partial charge in [0.2, 0.25) is 0 Å². The summed E-state index contributed by atoms with van der Waals surface area (Å²) in [7, 11) is 0. The molecule has 2 N–H and O–H groups in total. The molecule has 1 aromatic heterocycles. The van der Waals surface area contributed by atoms with Gasteiger partial charge in [0.15, 0.2) is 0 Å². The summed E-state index contributed by atoms with van der Waals surface area (Å²) in [6.45, 7) is 6.23. The fourth-order valence-electron chi connectivity index (χ4n) is 1.14. The van der Waals surface area contributed by atoms with E-state index in [1.165, 1.54) is 0 Å². The maximum Gasteiger partial charge on any atom is 0.129 e. The van der Waals surface area contributed by atoms with Crippen LogP contribution in [-0.2, 0) is 6.42 Å². The van der Waals surface area contributed by atoms with Crippen LogP contribution in [0.15, 0.2) is 10.7 Å². The number of furan rings is 1. The van der Waals surface area contributed by atoms with E-state index in [1.807, 2.05) is 0 Å². The van der Waals surface area contributed by atoms with Crippen LogP contribution < -0.4 is 5.73 Å². The molecule has 62 valence electrons. The van der Waals surface area contributed by atoms with Crippen LogP contribution in [-0.4, -0.2) is 0 Å². The number of nitrogen functional groups attached to an aromatic ring is 1. The molecular weight excluding hydrogens is 138 g/mol. The molecule has 0 fully saturated rings. The van der Waals surface area contributed by atoms with Crippen LogP contribution in [0.2, 0.25) is 0 Å². The Hall–Kier alpha value is -0.920. The monoisotopic (exact) mass is 153 g/mol. The van der Waals surface area contributed by atoms with E-state index in [0.29, 0.717) is 5.92 Å². The maximum absolute atomic E-state index is 5.82. The van der Waals surface area contributed by atoms with E-state index in [9.17, 15) is 0 Å². The van der Waals surface area contributed by atoms with Crippen LogP contribution in [0.3, 0.4) is 0 Å². The standard InChI is InChI=1S/C9H15NO/c1-4-7-5-11-9(6(2)3)8(7)10/h5-6H,4,10H2,1-3H3. The molecular formula is C9H15NO. The third-order valence-corrected chi connectivity index (χ3v) is 1.84. The first-order chi connectivity index (χ1) is 5.16. The summed E-state index contributed by atoms with van der Waals surface area (Å²) in [5.41, 5.74) is 7.78. The molecule has 2 nitrogen and oxygen atoms in total. The van der Waals surface area contributed by atoms with E-state index in [0.717, 1.165) is 23.4 Å². The maximum atomic E-state index is 5.82. The second kappa shape index (κ2) is 2.99. The number of hydrogen-bond donors (Lipinski definition) is 1. The van der Waals surface area contributed by atoms with Gasteiger partial charge in [-0.05, 0) is 6.42 Å². The normalized spacial score (nSPS) is 10.9. The highest BCUT2D eigenvalue weighted by Gasteiger charge is 2.11. The first kappa shape index (κ1) is 8.18. The zero-order chi connectivity index (χ0) is 8.43. The van der Waals surface area contributed by atoms with Crippen LogP contribution in [0, 0.1) is 0 Å². The minimum Gasteiger partial charge on any atom is -0.467 e. The molecule has 0 radical (unpaired) electrons. The van der Waals surface area contributed by atoms with Crippen molar-refractivity contribution in [3.8, 4) is 0 Å². The van der Waals surface area contributed by atoms with Gasteiger partial charge in [0.1, 0.15) is 5.76 Å². The fraction of sp³-hybridized carbons (Fsp3) is 0.556. The molecule has 0 saturated heterocycles. The molecule has 0 aliphatic carbocycles. The van der Waals surface area contributed by atoms with Crippen molar-refractivity contribution in [3.63, 3.8) is 0 Å². The molecule has 0 bridgehead atoms. The average Bonchev–Trinajstić information content (AvgIpc) is 2.30. The zero-order valence-corrected chi connectivity index (χ0v) is 7.35. The average molecular weight is 153 g/mol. The highest BCUT2D eigenvalue weighted by Crippen LogP contribution is 2.26. The predicted molar refractivity (Wildman–Crippen MR) is 46.6 cm³/mol. The zero-order valence-electron chi connectivity index (χ0n) is 7.35. The van der Waals surface area contributed by atoms with Crippen molar-refractivity contribution in [1.82, 2.24) is 0 Å². The lowest BCUT2D eigenvalue weighted by Gasteiger charge is -2.00. The summed E-state index contributed by atoms with van der Waals surface area (Å²) in [5, 5.41) is 0. The summed E-state index contributed by atoms with van der Waals surface area (Å²) in [4.78, 5) is 0. The molecule has 0 aromatic carbocycles. The highest BCUT2D eigenvalue weighted by atomic mass is 16.3. The van der Waals surface area contributed by atoms with Crippen molar-refractivity contribution >= 4 is 5.69 Å². The first-order valence-electron chi connectivity index (χ1n) is 4.02. The molecule has 2 heteroatoms. The van der Waals surface area contributed by atoms with Gasteiger partial charge in [0.25, 0.3) is 0 Å². The Labute approximate surface area is 67.4 Å². The lowest BCUT2D eigenvalue weighted by molar-refractivity contribution is 0.487. The number of hydrogen-bond acceptors (Lipinski definition) is 2. The minimum atomic E-state index is 0.385. The van der Waals surface area contributed by atoms with Crippen molar-refractivity contribution in [2.24, 2.45) is 0 Å². The van der Waals surface area contributed by atoms with Gasteiger partial charge in [0.05, 0.1) is 12.0 Å². The van der Waals surface area contributed by atoms with Crippen LogP contribution in [0.25, 0.3) is 0 Å². The number of nitrogens with two attached hydrogens (primary N) is 1. The fourth-order valence-corrected chi connectivity index (χ4v) is 1.14. The molecule has 1 aromatic rings. The van der Waals surface area contributed by atoms with Crippen LogP contribution in [0.5, 0.6) is 0 Å². The smallest absolute Gasteiger partial charge is 0.129 e. The topological polar surface area (TPSA) is 39.2 Å². The van der Waals surface area contributed by atoms with Crippen molar-refractivity contribution in [2.45, 2.75) is 33.1 Å². The van der Waals surface area contributed by atoms with E-state index in [4.69, 9.17) is 10.2 Å². The van der Waals surface area contributed by atoms with Gasteiger partial charge in [-0.15, -0.1) is 0 Å². The number of aryl methyl sites for hydroxylation is 1. The van der Waals surface area contributed by atoms with Gasteiger partial charge >= 0.3 is 0 Å². The Morgan fingerprint density at radius 3 is 2.45 bits per heavy atom. The molecule has 1 heterocycles. The van der Waals surface area contributed by atoms with Gasteiger partial charge in [-0.25, -0.2) is 0 Å². The predicted octanol–water partition coefficient (Wildman–Crippen LogP) is 2.55. The first-order valence-corrected chi connectivity index (χ1v) is 4.02. The highest BCUT2D eigenvalue weighted by molar-refractivity contribution is 5.50. The summed E-state index contributed by atoms with van der Waals surface area (Å²) >= 11 is 0.